The fraction of sp³-hybridized carbons (Fsp3) is 0.930. The first kappa shape index (κ1) is 75.2. The van der Waals surface area contributed by atoms with E-state index in [2.05, 4.69) is 32.9 Å². The number of esters is 3. The van der Waals surface area contributed by atoms with Crippen molar-refractivity contribution >= 4 is 17.9 Å². The Kier molecular flexibility index (Phi) is 65.1. The fourth-order valence-corrected chi connectivity index (χ4v) is 11.0. The number of unbranched alkanes of at least 4 members (excludes halogenated alkanes) is 53. The lowest BCUT2D eigenvalue weighted by atomic mass is 10.0. The molecule has 77 heavy (non-hydrogen) atoms. The summed E-state index contributed by atoms with van der Waals surface area (Å²) >= 11 is 0. The van der Waals surface area contributed by atoms with Crippen LogP contribution in [-0.2, 0) is 28.6 Å². The van der Waals surface area contributed by atoms with Crippen molar-refractivity contribution in [2.45, 2.75) is 412 Å². The molecule has 0 heterocycles. The number of allylic oxidation sites excluding steroid dienone is 2. The lowest BCUT2D eigenvalue weighted by Gasteiger charge is -2.18. The third-order valence-electron chi connectivity index (χ3n) is 16.3. The van der Waals surface area contributed by atoms with Gasteiger partial charge in [0.25, 0.3) is 0 Å². The Hall–Kier alpha value is -1.85. The van der Waals surface area contributed by atoms with Gasteiger partial charge in [-0.2, -0.15) is 0 Å². The van der Waals surface area contributed by atoms with E-state index in [1.807, 2.05) is 0 Å². The van der Waals surface area contributed by atoms with E-state index in [1.54, 1.807) is 0 Å². The van der Waals surface area contributed by atoms with Gasteiger partial charge in [0, 0.05) is 19.3 Å². The number of rotatable bonds is 66. The molecule has 1 atom stereocenters. The molecule has 0 saturated heterocycles. The molecule has 0 N–H and O–H groups in total. The van der Waals surface area contributed by atoms with Crippen molar-refractivity contribution in [3.8, 4) is 0 Å². The Morgan fingerprint density at radius 1 is 0.247 bits per heavy atom. The van der Waals surface area contributed by atoms with Crippen LogP contribution in [0.3, 0.4) is 0 Å². The van der Waals surface area contributed by atoms with Gasteiger partial charge in [0.15, 0.2) is 6.10 Å². The molecule has 0 spiro atoms. The third-order valence-corrected chi connectivity index (χ3v) is 16.3. The van der Waals surface area contributed by atoms with Crippen LogP contribution < -0.4 is 0 Å². The first-order chi connectivity index (χ1) is 38.0. The molecule has 1 unspecified atom stereocenters. The van der Waals surface area contributed by atoms with Crippen LogP contribution in [0.25, 0.3) is 0 Å². The second kappa shape index (κ2) is 66.7. The summed E-state index contributed by atoms with van der Waals surface area (Å²) in [5, 5.41) is 0. The molecule has 6 heteroatoms. The van der Waals surface area contributed by atoms with Gasteiger partial charge in [-0.3, -0.25) is 14.4 Å². The number of hydrogen-bond donors (Lipinski definition) is 0. The van der Waals surface area contributed by atoms with Gasteiger partial charge in [-0.25, -0.2) is 0 Å². The summed E-state index contributed by atoms with van der Waals surface area (Å²) in [6.45, 7) is 6.68. The normalized spacial score (nSPS) is 12.0. The van der Waals surface area contributed by atoms with E-state index in [-0.39, 0.29) is 31.1 Å². The minimum absolute atomic E-state index is 0.0661. The van der Waals surface area contributed by atoms with Crippen molar-refractivity contribution < 1.29 is 28.6 Å². The SMILES string of the molecule is CCCC/C=C\CCCCCCCC(=O)OCC(COC(=O)CCCCCCCCCCCCCCCCCCCCCCCCCCCCCCCCCC)OC(=O)CCCCCCCCCCCCCCCCCC. The van der Waals surface area contributed by atoms with Crippen LogP contribution in [0.15, 0.2) is 12.2 Å². The second-order valence-electron chi connectivity index (χ2n) is 24.2. The third kappa shape index (κ3) is 64.9. The molecule has 6 nitrogen and oxygen atoms in total. The van der Waals surface area contributed by atoms with Gasteiger partial charge in [-0.1, -0.05) is 360 Å². The van der Waals surface area contributed by atoms with Crippen LogP contribution in [-0.4, -0.2) is 37.2 Å². The van der Waals surface area contributed by atoms with Gasteiger partial charge in [-0.05, 0) is 38.5 Å². The zero-order valence-corrected chi connectivity index (χ0v) is 52.5. The van der Waals surface area contributed by atoms with E-state index in [9.17, 15) is 14.4 Å². The quantitative estimate of drug-likeness (QED) is 0.0261. The van der Waals surface area contributed by atoms with E-state index in [1.165, 1.54) is 302 Å². The molecule has 0 saturated carbocycles. The highest BCUT2D eigenvalue weighted by Gasteiger charge is 2.19. The maximum absolute atomic E-state index is 12.9. The van der Waals surface area contributed by atoms with E-state index in [4.69, 9.17) is 14.2 Å². The highest BCUT2D eigenvalue weighted by molar-refractivity contribution is 5.71. The molecule has 0 aromatic rings. The van der Waals surface area contributed by atoms with Gasteiger partial charge >= 0.3 is 17.9 Å². The summed E-state index contributed by atoms with van der Waals surface area (Å²) in [6, 6.07) is 0. The molecule has 0 fully saturated rings. The van der Waals surface area contributed by atoms with Crippen molar-refractivity contribution in [2.75, 3.05) is 13.2 Å². The first-order valence-electron chi connectivity index (χ1n) is 35.2. The summed E-state index contributed by atoms with van der Waals surface area (Å²) < 4.78 is 16.9. The molecule has 0 radical (unpaired) electrons. The van der Waals surface area contributed by atoms with Crippen LogP contribution in [0, 0.1) is 0 Å². The minimum atomic E-state index is -0.768. The number of ether oxygens (including phenoxy) is 3. The molecule has 0 aromatic carbocycles. The lowest BCUT2D eigenvalue weighted by molar-refractivity contribution is -0.167. The maximum atomic E-state index is 12.9. The predicted octanol–water partition coefficient (Wildman–Crippen LogP) is 24.0. The molecule has 0 aliphatic heterocycles. The summed E-state index contributed by atoms with van der Waals surface area (Å²) in [5.41, 5.74) is 0. The van der Waals surface area contributed by atoms with Crippen molar-refractivity contribution in [2.24, 2.45) is 0 Å². The smallest absolute Gasteiger partial charge is 0.306 e. The molecule has 0 aliphatic carbocycles. The molecule has 0 aromatic heterocycles. The number of hydrogen-bond acceptors (Lipinski definition) is 6. The topological polar surface area (TPSA) is 78.9 Å². The zero-order valence-electron chi connectivity index (χ0n) is 52.5. The Morgan fingerprint density at radius 2 is 0.442 bits per heavy atom. The van der Waals surface area contributed by atoms with Crippen molar-refractivity contribution in [3.05, 3.63) is 12.2 Å². The van der Waals surface area contributed by atoms with Crippen molar-refractivity contribution in [1.29, 1.82) is 0 Å². The average Bonchev–Trinajstić information content (AvgIpc) is 3.43. The van der Waals surface area contributed by atoms with Gasteiger partial charge in [0.1, 0.15) is 13.2 Å². The second-order valence-corrected chi connectivity index (χ2v) is 24.2. The summed E-state index contributed by atoms with van der Waals surface area (Å²) in [4.78, 5) is 38.3. The molecule has 0 amide bonds. The Bertz CT molecular complexity index is 1200. The van der Waals surface area contributed by atoms with E-state index in [0.29, 0.717) is 19.3 Å². The molecular formula is C71H136O6. The monoisotopic (exact) mass is 1090 g/mol. The van der Waals surface area contributed by atoms with Crippen LogP contribution in [0.2, 0.25) is 0 Å². The lowest BCUT2D eigenvalue weighted by Crippen LogP contribution is -2.30. The van der Waals surface area contributed by atoms with Crippen molar-refractivity contribution in [3.63, 3.8) is 0 Å². The largest absolute Gasteiger partial charge is 0.462 e. The summed E-state index contributed by atoms with van der Waals surface area (Å²) in [7, 11) is 0. The van der Waals surface area contributed by atoms with Crippen LogP contribution in [0.5, 0.6) is 0 Å². The Balaban J connectivity index is 4.03. The first-order valence-corrected chi connectivity index (χ1v) is 35.2. The molecule has 0 rings (SSSR count). The molecular weight excluding hydrogens is 949 g/mol. The number of carbonyl (C=O) groups is 3. The van der Waals surface area contributed by atoms with Gasteiger partial charge in [-0.15, -0.1) is 0 Å². The van der Waals surface area contributed by atoms with Crippen molar-refractivity contribution in [1.82, 2.24) is 0 Å². The summed E-state index contributed by atoms with van der Waals surface area (Å²) in [5.74, 6) is -0.846. The predicted molar refractivity (Wildman–Crippen MR) is 335 cm³/mol. The average molecular weight is 1090 g/mol. The van der Waals surface area contributed by atoms with Gasteiger partial charge in [0.05, 0.1) is 0 Å². The van der Waals surface area contributed by atoms with Gasteiger partial charge in [0.2, 0.25) is 0 Å². The Morgan fingerprint density at radius 3 is 0.688 bits per heavy atom. The molecule has 456 valence electrons. The van der Waals surface area contributed by atoms with E-state index in [0.717, 1.165) is 64.2 Å². The van der Waals surface area contributed by atoms with E-state index < -0.39 is 6.10 Å². The van der Waals surface area contributed by atoms with E-state index >= 15 is 0 Å². The van der Waals surface area contributed by atoms with Crippen LogP contribution in [0.4, 0.5) is 0 Å². The van der Waals surface area contributed by atoms with Crippen LogP contribution in [0.1, 0.15) is 406 Å². The fourth-order valence-electron chi connectivity index (χ4n) is 11.0. The highest BCUT2D eigenvalue weighted by atomic mass is 16.6. The maximum Gasteiger partial charge on any atom is 0.306 e. The summed E-state index contributed by atoms with van der Waals surface area (Å²) in [6.07, 6.45) is 79.8. The minimum Gasteiger partial charge on any atom is -0.462 e. The standard InChI is InChI=1S/C71H136O6/c1-4-7-10-13-16-19-22-24-26-28-29-30-31-32-33-34-35-36-37-38-39-40-41-42-43-45-46-49-52-55-58-61-64-70(73)76-67-68(66-75-69(72)63-60-57-54-51-48-21-18-15-12-9-6-3)77-71(74)65-62-59-56-53-50-47-44-27-25-23-20-17-14-11-8-5-2/h15,18,68H,4-14,16-17,19-67H2,1-3H3/b18-15-. The Labute approximate surface area is 481 Å². The zero-order chi connectivity index (χ0) is 55.7. The number of carbonyl (C=O) groups excluding carboxylic acids is 3. The van der Waals surface area contributed by atoms with Crippen LogP contribution >= 0.6 is 0 Å². The molecule has 0 aliphatic rings. The highest BCUT2D eigenvalue weighted by Crippen LogP contribution is 2.19. The molecule has 0 bridgehead atoms. The van der Waals surface area contributed by atoms with Gasteiger partial charge < -0.3 is 14.2 Å².